The van der Waals surface area contributed by atoms with Gasteiger partial charge in [0.2, 0.25) is 47.3 Å². The molecule has 0 saturated carbocycles. The number of carbonyl (C=O) groups excluding carboxylic acids is 8. The SMILES string of the molecule is CC(=O)O.CC(=O)O.NC(=O)CNC(=O)[C@H](CCCN=C(N)N)NC(=O)[C@@H]1CCCN1C(=O)[C@H](CSSC[C@H](N)C(=O)O)NC(=O)[C@H](CC(N)=O)NC(=O)[C@@H]1CCC(=O)N1. The summed E-state index contributed by atoms with van der Waals surface area (Å²) in [5.74, 6) is -9.29. The zero-order valence-corrected chi connectivity index (χ0v) is 34.5. The third-order valence-corrected chi connectivity index (χ3v) is 10.1. The number of rotatable bonds is 22. The summed E-state index contributed by atoms with van der Waals surface area (Å²) in [5, 5.41) is 36.2. The molecule has 0 aromatic rings. The van der Waals surface area contributed by atoms with Gasteiger partial charge in [-0.15, -0.1) is 0 Å². The largest absolute Gasteiger partial charge is 0.481 e. The fraction of sp³-hybridized carbons (Fsp3) is 0.625. The van der Waals surface area contributed by atoms with Gasteiger partial charge in [-0.2, -0.15) is 0 Å². The summed E-state index contributed by atoms with van der Waals surface area (Å²) in [6.45, 7) is 1.89. The fourth-order valence-electron chi connectivity index (χ4n) is 5.09. The number of nitrogens with two attached hydrogens (primary N) is 5. The molecule has 8 amide bonds. The maximum atomic E-state index is 14.0. The average molecular weight is 895 g/mol. The van der Waals surface area contributed by atoms with Crippen molar-refractivity contribution in [3.05, 3.63) is 0 Å². The highest BCUT2D eigenvalue weighted by atomic mass is 33.1. The Labute approximate surface area is 351 Å². The lowest BCUT2D eigenvalue weighted by molar-refractivity contribution is -0.142. The molecule has 0 bridgehead atoms. The summed E-state index contributed by atoms with van der Waals surface area (Å²) in [7, 11) is 2.02. The van der Waals surface area contributed by atoms with Crippen molar-refractivity contribution in [1.29, 1.82) is 0 Å². The molecule has 2 aliphatic heterocycles. The molecule has 0 spiro atoms. The van der Waals surface area contributed by atoms with Crippen molar-refractivity contribution in [2.45, 2.75) is 95.0 Å². The molecule has 28 heteroatoms. The number of amides is 8. The Bertz CT molecular complexity index is 1580. The number of hydrogen-bond acceptors (Lipinski definition) is 15. The number of hydrogen-bond donors (Lipinski definition) is 13. The van der Waals surface area contributed by atoms with E-state index < -0.39 is 108 Å². The van der Waals surface area contributed by atoms with Gasteiger partial charge in [0.25, 0.3) is 11.9 Å². The first kappa shape index (κ1) is 54.1. The minimum atomic E-state index is -1.54. The number of guanidine groups is 1. The Hall–Kier alpha value is -5.90. The van der Waals surface area contributed by atoms with Crippen LogP contribution in [0.4, 0.5) is 0 Å². The summed E-state index contributed by atoms with van der Waals surface area (Å²) >= 11 is 0. The van der Waals surface area contributed by atoms with Gasteiger partial charge >= 0.3 is 5.97 Å². The van der Waals surface area contributed by atoms with Crippen LogP contribution in [-0.4, -0.2) is 159 Å². The van der Waals surface area contributed by atoms with E-state index in [1.165, 1.54) is 4.90 Å². The minimum absolute atomic E-state index is 0.0519. The van der Waals surface area contributed by atoms with Crippen LogP contribution in [0.15, 0.2) is 4.99 Å². The smallest absolute Gasteiger partial charge is 0.321 e. The Morgan fingerprint density at radius 3 is 1.92 bits per heavy atom. The molecule has 0 unspecified atom stereocenters. The first-order chi connectivity index (χ1) is 28.0. The monoisotopic (exact) mass is 894 g/mol. The summed E-state index contributed by atoms with van der Waals surface area (Å²) in [4.78, 5) is 136. The van der Waals surface area contributed by atoms with Crippen molar-refractivity contribution >= 4 is 92.7 Å². The molecule has 2 heterocycles. The van der Waals surface area contributed by atoms with Gasteiger partial charge in [-0.1, -0.05) is 21.6 Å². The van der Waals surface area contributed by atoms with Gasteiger partial charge in [-0.25, -0.2) is 0 Å². The van der Waals surface area contributed by atoms with E-state index >= 15 is 0 Å². The molecular formula is C32H54N12O14S2. The quantitative estimate of drug-likeness (QED) is 0.0208. The Balaban J connectivity index is 0.00000397. The van der Waals surface area contributed by atoms with Gasteiger partial charge in [0.15, 0.2) is 5.96 Å². The predicted octanol–water partition coefficient (Wildman–Crippen LogP) is -5.78. The Morgan fingerprint density at radius 1 is 0.817 bits per heavy atom. The minimum Gasteiger partial charge on any atom is -0.481 e. The topological polar surface area (TPSA) is 454 Å². The maximum absolute atomic E-state index is 14.0. The summed E-state index contributed by atoms with van der Waals surface area (Å²) in [6, 6.07) is -7.33. The van der Waals surface area contributed by atoms with E-state index in [1.807, 2.05) is 0 Å². The van der Waals surface area contributed by atoms with E-state index in [0.29, 0.717) is 6.42 Å². The maximum Gasteiger partial charge on any atom is 0.321 e. The molecule has 338 valence electrons. The second-order valence-electron chi connectivity index (χ2n) is 12.9. The summed E-state index contributed by atoms with van der Waals surface area (Å²) in [6.07, 6.45) is 0.461. The highest BCUT2D eigenvalue weighted by Gasteiger charge is 2.40. The van der Waals surface area contributed by atoms with E-state index in [0.717, 1.165) is 35.4 Å². The van der Waals surface area contributed by atoms with E-state index in [9.17, 15) is 43.2 Å². The van der Waals surface area contributed by atoms with Crippen LogP contribution >= 0.6 is 21.6 Å². The Kier molecular flexibility index (Phi) is 25.7. The first-order valence-corrected chi connectivity index (χ1v) is 20.5. The molecule has 60 heavy (non-hydrogen) atoms. The van der Waals surface area contributed by atoms with Crippen LogP contribution in [-0.2, 0) is 52.7 Å². The standard InChI is InChI=1S/C28H46N12O10S2.2C2H4O2/c29-13(27(49)50)11-51-52-12-17(39-24(46)16(9-19(30)41)38-23(45)15-5-6-21(43)36-15)26(48)40-8-2-4-18(40)25(47)37-14(3-1-7-34-28(32)33)22(44)35-10-20(31)42;2*1-2(3)4/h13-18H,1-12,29H2,(H2,30,41)(H2,31,42)(H,35,44)(H,36,43)(H,37,47)(H,38,45)(H,39,46)(H,49,50)(H4,32,33,34);2*1H3,(H,3,4)/t13-,14-,15-,16-,17-,18-;;/m0../s1. The zero-order valence-electron chi connectivity index (χ0n) is 32.9. The summed E-state index contributed by atoms with van der Waals surface area (Å²) in [5.41, 5.74) is 26.7. The molecule has 2 aliphatic rings. The number of aliphatic imine (C=N–C) groups is 1. The van der Waals surface area contributed by atoms with Gasteiger partial charge in [0.05, 0.1) is 13.0 Å². The van der Waals surface area contributed by atoms with Crippen LogP contribution in [0, 0.1) is 0 Å². The molecule has 0 aromatic heterocycles. The van der Waals surface area contributed by atoms with E-state index in [2.05, 4.69) is 31.6 Å². The van der Waals surface area contributed by atoms with Crippen LogP contribution in [0.1, 0.15) is 58.8 Å². The van der Waals surface area contributed by atoms with Gasteiger partial charge in [0.1, 0.15) is 36.3 Å². The number of aliphatic carboxylic acids is 3. The number of primary amides is 2. The van der Waals surface area contributed by atoms with Gasteiger partial charge in [-0.05, 0) is 32.1 Å². The molecular weight excluding hydrogens is 841 g/mol. The predicted molar refractivity (Wildman–Crippen MR) is 215 cm³/mol. The van der Waals surface area contributed by atoms with Crippen molar-refractivity contribution in [2.75, 3.05) is 31.1 Å². The number of likely N-dealkylation sites (tertiary alicyclic amines) is 1. The molecule has 2 saturated heterocycles. The molecule has 0 aromatic carbocycles. The van der Waals surface area contributed by atoms with Crippen molar-refractivity contribution in [1.82, 2.24) is 31.5 Å². The van der Waals surface area contributed by atoms with E-state index in [-0.39, 0.29) is 68.6 Å². The number of carboxylic acids is 3. The first-order valence-electron chi connectivity index (χ1n) is 18.0. The van der Waals surface area contributed by atoms with Crippen LogP contribution in [0.25, 0.3) is 0 Å². The van der Waals surface area contributed by atoms with Gasteiger partial charge in [-0.3, -0.25) is 57.7 Å². The van der Waals surface area contributed by atoms with Crippen molar-refractivity contribution < 1.29 is 68.1 Å². The molecule has 0 aliphatic carbocycles. The van der Waals surface area contributed by atoms with Gasteiger partial charge < -0.3 is 75.5 Å². The lowest BCUT2D eigenvalue weighted by Crippen LogP contribution is -2.59. The lowest BCUT2D eigenvalue weighted by Gasteiger charge is -2.30. The molecule has 0 radical (unpaired) electrons. The highest BCUT2D eigenvalue weighted by Crippen LogP contribution is 2.25. The number of nitrogens with zero attached hydrogens (tertiary/aromatic N) is 2. The molecule has 2 rings (SSSR count). The van der Waals surface area contributed by atoms with Crippen molar-refractivity contribution in [3.63, 3.8) is 0 Å². The molecule has 26 nitrogen and oxygen atoms in total. The van der Waals surface area contributed by atoms with Crippen molar-refractivity contribution in [2.24, 2.45) is 33.7 Å². The van der Waals surface area contributed by atoms with Crippen LogP contribution in [0.3, 0.4) is 0 Å². The number of carboxylic acid groups (broad SMARTS) is 3. The number of nitrogens with one attached hydrogen (secondary N) is 5. The van der Waals surface area contributed by atoms with Crippen LogP contribution in [0.5, 0.6) is 0 Å². The fourth-order valence-corrected chi connectivity index (χ4v) is 7.36. The lowest BCUT2D eigenvalue weighted by atomic mass is 10.1. The van der Waals surface area contributed by atoms with Gasteiger partial charge in [0, 0.05) is 44.9 Å². The van der Waals surface area contributed by atoms with Crippen LogP contribution in [0.2, 0.25) is 0 Å². The highest BCUT2D eigenvalue weighted by molar-refractivity contribution is 8.76. The second-order valence-corrected chi connectivity index (χ2v) is 15.4. The molecule has 18 N–H and O–H groups in total. The average Bonchev–Trinajstić information content (AvgIpc) is 3.81. The van der Waals surface area contributed by atoms with Crippen LogP contribution < -0.4 is 55.3 Å². The van der Waals surface area contributed by atoms with Crippen molar-refractivity contribution in [3.8, 4) is 0 Å². The second kappa shape index (κ2) is 28.5. The third-order valence-electron chi connectivity index (χ3n) is 7.70. The third kappa shape index (κ3) is 23.5. The normalized spacial score (nSPS) is 17.2. The summed E-state index contributed by atoms with van der Waals surface area (Å²) < 4.78 is 0. The molecule has 6 atom stereocenters. The molecule has 2 fully saturated rings. The zero-order chi connectivity index (χ0) is 46.1. The van der Waals surface area contributed by atoms with E-state index in [1.54, 1.807) is 0 Å². The van der Waals surface area contributed by atoms with E-state index in [4.69, 9.17) is 53.6 Å². The Morgan fingerprint density at radius 2 is 1.40 bits per heavy atom. The number of carbonyl (C=O) groups is 11.